The van der Waals surface area contributed by atoms with Crippen molar-refractivity contribution in [3.8, 4) is 0 Å². The fourth-order valence-corrected chi connectivity index (χ4v) is 5.01. The van der Waals surface area contributed by atoms with E-state index in [0.717, 1.165) is 35.2 Å². The molecule has 1 aliphatic heterocycles. The molecular formula is C28H40N4O3S. The zero-order valence-electron chi connectivity index (χ0n) is 22.5. The van der Waals surface area contributed by atoms with E-state index in [-0.39, 0.29) is 23.2 Å². The van der Waals surface area contributed by atoms with Gasteiger partial charge in [-0.2, -0.15) is 0 Å². The molecule has 0 unspecified atom stereocenters. The summed E-state index contributed by atoms with van der Waals surface area (Å²) in [4.78, 5) is 38.8. The SMILES string of the molecule is CCCN(C)c1cc(C(C)(C)C)nc(SCc2cccc(C(=O)N3CCC(C(=O)OCC)CC3)c2)n1. The number of benzene rings is 1. The maximum absolute atomic E-state index is 13.1. The van der Waals surface area contributed by atoms with E-state index >= 15 is 0 Å². The number of ether oxygens (including phenoxy) is 1. The van der Waals surface area contributed by atoms with Crippen LogP contribution < -0.4 is 4.90 Å². The van der Waals surface area contributed by atoms with Gasteiger partial charge in [-0.25, -0.2) is 9.97 Å². The maximum Gasteiger partial charge on any atom is 0.309 e. The number of anilines is 1. The summed E-state index contributed by atoms with van der Waals surface area (Å²) in [6.07, 6.45) is 2.35. The number of piperidine rings is 1. The number of likely N-dealkylation sites (tertiary alicyclic amines) is 1. The lowest BCUT2D eigenvalue weighted by Gasteiger charge is -2.31. The van der Waals surface area contributed by atoms with Crippen LogP contribution in [0.3, 0.4) is 0 Å². The van der Waals surface area contributed by atoms with Crippen LogP contribution in [0.1, 0.15) is 75.5 Å². The number of hydrogen-bond acceptors (Lipinski definition) is 7. The number of hydrogen-bond donors (Lipinski definition) is 0. The Labute approximate surface area is 220 Å². The summed E-state index contributed by atoms with van der Waals surface area (Å²) >= 11 is 1.59. The zero-order valence-corrected chi connectivity index (χ0v) is 23.4. The summed E-state index contributed by atoms with van der Waals surface area (Å²) in [5, 5.41) is 0.748. The number of carbonyl (C=O) groups excluding carboxylic acids is 2. The van der Waals surface area contributed by atoms with Gasteiger partial charge in [0.2, 0.25) is 0 Å². The average Bonchev–Trinajstić information content (AvgIpc) is 2.87. The molecule has 0 saturated carbocycles. The van der Waals surface area contributed by atoms with Crippen molar-refractivity contribution in [2.75, 3.05) is 38.2 Å². The van der Waals surface area contributed by atoms with Crippen LogP contribution in [0.25, 0.3) is 0 Å². The first-order valence-electron chi connectivity index (χ1n) is 12.9. The number of rotatable bonds is 9. The van der Waals surface area contributed by atoms with Gasteiger partial charge in [-0.05, 0) is 43.9 Å². The van der Waals surface area contributed by atoms with E-state index in [1.54, 1.807) is 11.8 Å². The fraction of sp³-hybridized carbons (Fsp3) is 0.571. The molecule has 1 saturated heterocycles. The summed E-state index contributed by atoms with van der Waals surface area (Å²) in [5.41, 5.74) is 2.68. The summed E-state index contributed by atoms with van der Waals surface area (Å²) in [6.45, 7) is 12.9. The summed E-state index contributed by atoms with van der Waals surface area (Å²) < 4.78 is 5.14. The Hall–Kier alpha value is -2.61. The predicted molar refractivity (Wildman–Crippen MR) is 146 cm³/mol. The molecule has 0 aliphatic carbocycles. The molecule has 3 rings (SSSR count). The van der Waals surface area contributed by atoms with Gasteiger partial charge in [-0.3, -0.25) is 9.59 Å². The smallest absolute Gasteiger partial charge is 0.309 e. The normalized spacial score (nSPS) is 14.6. The lowest BCUT2D eigenvalue weighted by Crippen LogP contribution is -2.40. The zero-order chi connectivity index (χ0) is 26.3. The lowest BCUT2D eigenvalue weighted by atomic mass is 9.92. The maximum atomic E-state index is 13.1. The quantitative estimate of drug-likeness (QED) is 0.255. The molecule has 1 fully saturated rings. The predicted octanol–water partition coefficient (Wildman–Crippen LogP) is 5.33. The van der Waals surface area contributed by atoms with E-state index in [4.69, 9.17) is 14.7 Å². The molecule has 0 bridgehead atoms. The van der Waals surface area contributed by atoms with Crippen molar-refractivity contribution in [2.24, 2.45) is 5.92 Å². The first kappa shape index (κ1) is 28.0. The van der Waals surface area contributed by atoms with E-state index in [0.29, 0.717) is 43.9 Å². The number of aromatic nitrogens is 2. The second-order valence-electron chi connectivity index (χ2n) is 10.4. The number of nitrogens with zero attached hydrogens (tertiary/aromatic N) is 4. The minimum Gasteiger partial charge on any atom is -0.466 e. The van der Waals surface area contributed by atoms with Gasteiger partial charge in [0, 0.05) is 49.5 Å². The molecule has 1 aromatic carbocycles. The topological polar surface area (TPSA) is 75.6 Å². The van der Waals surface area contributed by atoms with Crippen LogP contribution in [0.5, 0.6) is 0 Å². The van der Waals surface area contributed by atoms with Crippen molar-refractivity contribution in [3.05, 3.63) is 47.2 Å². The van der Waals surface area contributed by atoms with E-state index in [2.05, 4.69) is 45.7 Å². The fourth-order valence-electron chi connectivity index (χ4n) is 4.21. The molecule has 0 atom stereocenters. The van der Waals surface area contributed by atoms with Gasteiger partial charge >= 0.3 is 5.97 Å². The Morgan fingerprint density at radius 1 is 1.14 bits per heavy atom. The van der Waals surface area contributed by atoms with Gasteiger partial charge in [0.05, 0.1) is 18.2 Å². The van der Waals surface area contributed by atoms with Gasteiger partial charge in [0.25, 0.3) is 5.91 Å². The molecule has 196 valence electrons. The van der Waals surface area contributed by atoms with Crippen molar-refractivity contribution < 1.29 is 14.3 Å². The highest BCUT2D eigenvalue weighted by Gasteiger charge is 2.28. The molecule has 1 aromatic heterocycles. The van der Waals surface area contributed by atoms with Crippen molar-refractivity contribution in [1.29, 1.82) is 0 Å². The third kappa shape index (κ3) is 7.45. The Balaban J connectivity index is 1.68. The molecule has 2 heterocycles. The Morgan fingerprint density at radius 3 is 2.50 bits per heavy atom. The first-order chi connectivity index (χ1) is 17.1. The third-order valence-electron chi connectivity index (χ3n) is 6.35. The number of thioether (sulfide) groups is 1. The van der Waals surface area contributed by atoms with Gasteiger partial charge in [0.15, 0.2) is 5.16 Å². The van der Waals surface area contributed by atoms with Gasteiger partial charge in [-0.1, -0.05) is 51.6 Å². The molecule has 2 aromatic rings. The highest BCUT2D eigenvalue weighted by Crippen LogP contribution is 2.28. The molecule has 36 heavy (non-hydrogen) atoms. The second kappa shape index (κ2) is 12.6. The highest BCUT2D eigenvalue weighted by molar-refractivity contribution is 7.98. The standard InChI is InChI=1S/C28H40N4O3S/c1-7-14-31(6)24-18-23(28(3,4)5)29-27(30-24)36-19-20-10-9-11-22(17-20)25(33)32-15-12-21(13-16-32)26(34)35-8-2/h9-11,17-18,21H,7-8,12-16,19H2,1-6H3. The average molecular weight is 513 g/mol. The second-order valence-corrected chi connectivity index (χ2v) is 11.3. The van der Waals surface area contributed by atoms with Crippen molar-refractivity contribution in [1.82, 2.24) is 14.9 Å². The van der Waals surface area contributed by atoms with Gasteiger partial charge in [0.1, 0.15) is 5.82 Å². The molecule has 0 spiro atoms. The van der Waals surface area contributed by atoms with Crippen LogP contribution in [0, 0.1) is 5.92 Å². The molecule has 7 nitrogen and oxygen atoms in total. The van der Waals surface area contributed by atoms with Crippen LogP contribution in [0.4, 0.5) is 5.82 Å². The molecule has 8 heteroatoms. The number of carbonyl (C=O) groups is 2. The van der Waals surface area contributed by atoms with Gasteiger partial charge in [-0.15, -0.1) is 0 Å². The molecular weight excluding hydrogens is 472 g/mol. The minimum absolute atomic E-state index is 0.0126. The van der Waals surface area contributed by atoms with E-state index in [9.17, 15) is 9.59 Å². The molecule has 1 amide bonds. The van der Waals surface area contributed by atoms with Crippen LogP contribution in [-0.2, 0) is 20.7 Å². The van der Waals surface area contributed by atoms with E-state index in [1.807, 2.05) is 36.1 Å². The third-order valence-corrected chi connectivity index (χ3v) is 7.27. The van der Waals surface area contributed by atoms with E-state index in [1.165, 1.54) is 0 Å². The van der Waals surface area contributed by atoms with Gasteiger partial charge < -0.3 is 14.5 Å². The monoisotopic (exact) mass is 512 g/mol. The van der Waals surface area contributed by atoms with Crippen molar-refractivity contribution in [3.63, 3.8) is 0 Å². The van der Waals surface area contributed by atoms with Crippen LogP contribution in [0.15, 0.2) is 35.5 Å². The summed E-state index contributed by atoms with van der Waals surface area (Å²) in [5.74, 6) is 1.37. The number of esters is 1. The molecule has 0 N–H and O–H groups in total. The van der Waals surface area contributed by atoms with E-state index < -0.39 is 0 Å². The van der Waals surface area contributed by atoms with Crippen LogP contribution in [-0.4, -0.2) is 60.0 Å². The Kier molecular flexibility index (Phi) is 9.77. The Bertz CT molecular complexity index is 1050. The summed E-state index contributed by atoms with van der Waals surface area (Å²) in [6, 6.07) is 9.88. The van der Waals surface area contributed by atoms with Crippen molar-refractivity contribution >= 4 is 29.5 Å². The van der Waals surface area contributed by atoms with Crippen LogP contribution in [0.2, 0.25) is 0 Å². The first-order valence-corrected chi connectivity index (χ1v) is 13.9. The largest absolute Gasteiger partial charge is 0.466 e. The number of amides is 1. The molecule has 0 radical (unpaired) electrons. The van der Waals surface area contributed by atoms with Crippen LogP contribution >= 0.6 is 11.8 Å². The van der Waals surface area contributed by atoms with Crippen molar-refractivity contribution in [2.45, 2.75) is 70.2 Å². The highest BCUT2D eigenvalue weighted by atomic mass is 32.2. The minimum atomic E-state index is -0.148. The lowest BCUT2D eigenvalue weighted by molar-refractivity contribution is -0.149. The molecule has 1 aliphatic rings. The Morgan fingerprint density at radius 2 is 1.86 bits per heavy atom. The summed E-state index contributed by atoms with van der Waals surface area (Å²) in [7, 11) is 2.07.